The number of para-hydroxylation sites is 1. The molecule has 0 aliphatic heterocycles. The third kappa shape index (κ3) is 3.77. The Morgan fingerprint density at radius 3 is 2.47 bits per heavy atom. The van der Waals surface area contributed by atoms with E-state index in [2.05, 4.69) is 33.0 Å². The van der Waals surface area contributed by atoms with E-state index < -0.39 is 5.97 Å². The van der Waals surface area contributed by atoms with E-state index in [1.807, 2.05) is 6.07 Å². The second kappa shape index (κ2) is 5.21. The van der Waals surface area contributed by atoms with Gasteiger partial charge in [-0.1, -0.05) is 39.8 Å². The Bertz CT molecular complexity index is 393. The van der Waals surface area contributed by atoms with Crippen LogP contribution in [0.5, 0.6) is 0 Å². The molecule has 1 aromatic carbocycles. The number of nitrogens with one attached hydrogen (secondary N) is 1. The minimum atomic E-state index is -0.892. The van der Waals surface area contributed by atoms with Crippen LogP contribution in [0.2, 0.25) is 0 Å². The zero-order valence-electron chi connectivity index (χ0n) is 10.9. The zero-order valence-corrected chi connectivity index (χ0v) is 10.9. The summed E-state index contributed by atoms with van der Waals surface area (Å²) in [6, 6.07) is 7.00. The van der Waals surface area contributed by atoms with Gasteiger partial charge in [-0.25, -0.2) is 4.79 Å². The van der Waals surface area contributed by atoms with Crippen LogP contribution in [0, 0.1) is 11.3 Å². The summed E-state index contributed by atoms with van der Waals surface area (Å²) < 4.78 is 0. The van der Waals surface area contributed by atoms with Crippen LogP contribution in [0.4, 0.5) is 5.69 Å². The smallest absolute Gasteiger partial charge is 0.337 e. The van der Waals surface area contributed by atoms with Gasteiger partial charge in [0.25, 0.3) is 0 Å². The van der Waals surface area contributed by atoms with E-state index in [0.717, 1.165) is 6.54 Å². The quantitative estimate of drug-likeness (QED) is 0.840. The second-order valence-electron chi connectivity index (χ2n) is 5.50. The van der Waals surface area contributed by atoms with Crippen LogP contribution < -0.4 is 5.32 Å². The molecule has 0 radical (unpaired) electrons. The number of aromatic carboxylic acids is 1. The van der Waals surface area contributed by atoms with E-state index in [-0.39, 0.29) is 5.41 Å². The van der Waals surface area contributed by atoms with Gasteiger partial charge >= 0.3 is 5.97 Å². The Morgan fingerprint density at radius 1 is 1.35 bits per heavy atom. The van der Waals surface area contributed by atoms with Gasteiger partial charge in [0, 0.05) is 12.2 Å². The Balaban J connectivity index is 2.73. The maximum Gasteiger partial charge on any atom is 0.337 e. The molecule has 1 aromatic rings. The van der Waals surface area contributed by atoms with Gasteiger partial charge in [0.05, 0.1) is 5.56 Å². The molecule has 2 N–H and O–H groups in total. The van der Waals surface area contributed by atoms with Gasteiger partial charge < -0.3 is 10.4 Å². The lowest BCUT2D eigenvalue weighted by Gasteiger charge is -2.28. The van der Waals surface area contributed by atoms with Crippen LogP contribution in [0.3, 0.4) is 0 Å². The van der Waals surface area contributed by atoms with Gasteiger partial charge in [-0.2, -0.15) is 0 Å². The molecular formula is C14H21NO2. The number of carbonyl (C=O) groups is 1. The fourth-order valence-corrected chi connectivity index (χ4v) is 1.39. The van der Waals surface area contributed by atoms with E-state index in [1.54, 1.807) is 18.2 Å². The number of carboxylic acids is 1. The van der Waals surface area contributed by atoms with Gasteiger partial charge in [0.1, 0.15) is 0 Å². The van der Waals surface area contributed by atoms with Crippen molar-refractivity contribution in [1.29, 1.82) is 0 Å². The average molecular weight is 235 g/mol. The number of rotatable bonds is 4. The molecule has 1 rings (SSSR count). The van der Waals surface area contributed by atoms with Crippen LogP contribution in [0.25, 0.3) is 0 Å². The zero-order chi connectivity index (χ0) is 13.1. The number of hydrogen-bond acceptors (Lipinski definition) is 2. The van der Waals surface area contributed by atoms with Gasteiger partial charge in [0.15, 0.2) is 0 Å². The molecule has 0 saturated carbocycles. The maximum absolute atomic E-state index is 11.0. The molecular weight excluding hydrogens is 214 g/mol. The summed E-state index contributed by atoms with van der Waals surface area (Å²) in [5, 5.41) is 12.3. The maximum atomic E-state index is 11.0. The molecule has 0 fully saturated rings. The van der Waals surface area contributed by atoms with Gasteiger partial charge in [-0.05, 0) is 23.5 Å². The standard InChI is InChI=1S/C14H21NO2/c1-10(14(2,3)4)9-15-12-8-6-5-7-11(12)13(16)17/h5-8,10,15H,9H2,1-4H3,(H,16,17). The summed E-state index contributed by atoms with van der Waals surface area (Å²) in [4.78, 5) is 11.0. The van der Waals surface area contributed by atoms with Gasteiger partial charge in [0.2, 0.25) is 0 Å². The molecule has 1 atom stereocenters. The SMILES string of the molecule is CC(CNc1ccccc1C(=O)O)C(C)(C)C. The minimum Gasteiger partial charge on any atom is -0.478 e. The van der Waals surface area contributed by atoms with Crippen LogP contribution in [0.15, 0.2) is 24.3 Å². The first-order chi connectivity index (χ1) is 7.82. The van der Waals surface area contributed by atoms with E-state index in [0.29, 0.717) is 17.2 Å². The minimum absolute atomic E-state index is 0.213. The molecule has 0 aliphatic carbocycles. The number of benzene rings is 1. The highest BCUT2D eigenvalue weighted by atomic mass is 16.4. The normalized spacial score (nSPS) is 13.2. The van der Waals surface area contributed by atoms with Crippen molar-refractivity contribution in [1.82, 2.24) is 0 Å². The Kier molecular flexibility index (Phi) is 4.16. The molecule has 0 aliphatic rings. The van der Waals surface area contributed by atoms with Crippen molar-refractivity contribution in [2.45, 2.75) is 27.7 Å². The highest BCUT2D eigenvalue weighted by Gasteiger charge is 2.20. The first-order valence-corrected chi connectivity index (χ1v) is 5.88. The molecule has 0 saturated heterocycles. The Hall–Kier alpha value is -1.51. The molecule has 3 nitrogen and oxygen atoms in total. The molecule has 0 amide bonds. The lowest BCUT2D eigenvalue weighted by Crippen LogP contribution is -2.25. The van der Waals surface area contributed by atoms with E-state index in [4.69, 9.17) is 5.11 Å². The van der Waals surface area contributed by atoms with Crippen molar-refractivity contribution in [3.8, 4) is 0 Å². The monoisotopic (exact) mass is 235 g/mol. The molecule has 1 unspecified atom stereocenters. The summed E-state index contributed by atoms with van der Waals surface area (Å²) in [6.07, 6.45) is 0. The van der Waals surface area contributed by atoms with Crippen molar-refractivity contribution in [2.75, 3.05) is 11.9 Å². The van der Waals surface area contributed by atoms with E-state index >= 15 is 0 Å². The average Bonchev–Trinajstić information content (AvgIpc) is 2.24. The highest BCUT2D eigenvalue weighted by molar-refractivity contribution is 5.94. The fourth-order valence-electron chi connectivity index (χ4n) is 1.39. The molecule has 0 aromatic heterocycles. The first-order valence-electron chi connectivity index (χ1n) is 5.88. The second-order valence-corrected chi connectivity index (χ2v) is 5.50. The molecule has 0 heterocycles. The first kappa shape index (κ1) is 13.6. The van der Waals surface area contributed by atoms with Crippen LogP contribution in [-0.4, -0.2) is 17.6 Å². The van der Waals surface area contributed by atoms with Crippen LogP contribution >= 0.6 is 0 Å². The van der Waals surface area contributed by atoms with Crippen molar-refractivity contribution in [3.63, 3.8) is 0 Å². The van der Waals surface area contributed by atoms with Crippen molar-refractivity contribution >= 4 is 11.7 Å². The largest absolute Gasteiger partial charge is 0.478 e. The molecule has 3 heteroatoms. The number of anilines is 1. The Morgan fingerprint density at radius 2 is 1.94 bits per heavy atom. The molecule has 94 valence electrons. The fraction of sp³-hybridized carbons (Fsp3) is 0.500. The van der Waals surface area contributed by atoms with Crippen molar-refractivity contribution in [3.05, 3.63) is 29.8 Å². The lowest BCUT2D eigenvalue weighted by atomic mass is 9.82. The van der Waals surface area contributed by atoms with Crippen LogP contribution in [-0.2, 0) is 0 Å². The summed E-state index contributed by atoms with van der Waals surface area (Å²) >= 11 is 0. The predicted molar refractivity (Wildman–Crippen MR) is 70.5 cm³/mol. The van der Waals surface area contributed by atoms with Crippen LogP contribution in [0.1, 0.15) is 38.1 Å². The van der Waals surface area contributed by atoms with E-state index in [9.17, 15) is 4.79 Å². The Labute approximate surface area is 103 Å². The number of hydrogen-bond donors (Lipinski definition) is 2. The molecule has 17 heavy (non-hydrogen) atoms. The predicted octanol–water partition coefficient (Wildman–Crippen LogP) is 3.48. The number of carboxylic acid groups (broad SMARTS) is 1. The van der Waals surface area contributed by atoms with Gasteiger partial charge in [-0.15, -0.1) is 0 Å². The van der Waals surface area contributed by atoms with Gasteiger partial charge in [-0.3, -0.25) is 0 Å². The summed E-state index contributed by atoms with van der Waals surface area (Å²) in [7, 11) is 0. The topological polar surface area (TPSA) is 49.3 Å². The summed E-state index contributed by atoms with van der Waals surface area (Å²) in [5.41, 5.74) is 1.23. The lowest BCUT2D eigenvalue weighted by molar-refractivity contribution is 0.0698. The van der Waals surface area contributed by atoms with E-state index in [1.165, 1.54) is 0 Å². The summed E-state index contributed by atoms with van der Waals surface area (Å²) in [6.45, 7) is 9.48. The molecule has 0 bridgehead atoms. The highest BCUT2D eigenvalue weighted by Crippen LogP contribution is 2.26. The van der Waals surface area contributed by atoms with Crippen molar-refractivity contribution in [2.24, 2.45) is 11.3 Å². The summed E-state index contributed by atoms with van der Waals surface area (Å²) in [5.74, 6) is -0.430. The third-order valence-corrected chi connectivity index (χ3v) is 3.23. The van der Waals surface area contributed by atoms with Crippen molar-refractivity contribution < 1.29 is 9.90 Å². The molecule has 0 spiro atoms. The third-order valence-electron chi connectivity index (χ3n) is 3.23.